The molecule has 0 amide bonds. The maximum atomic E-state index is 12.0. The van der Waals surface area contributed by atoms with Crippen molar-refractivity contribution in [2.75, 3.05) is 13.7 Å². The monoisotopic (exact) mass is 390 g/mol. The van der Waals surface area contributed by atoms with Crippen molar-refractivity contribution < 1.29 is 49.3 Å². The molecule has 2 aliphatic heterocycles. The number of esters is 1. The first kappa shape index (κ1) is 20.5. The van der Waals surface area contributed by atoms with Crippen LogP contribution in [-0.4, -0.2) is 88.3 Å². The number of carbonyl (C=O) groups is 1. The van der Waals surface area contributed by atoms with Crippen LogP contribution in [0.15, 0.2) is 11.8 Å². The smallest absolute Gasteiger partial charge is 0.337 e. The minimum atomic E-state index is -1.58. The molecule has 10 heteroatoms. The molecule has 0 aromatic rings. The lowest BCUT2D eigenvalue weighted by molar-refractivity contribution is -0.342. The van der Waals surface area contributed by atoms with Crippen molar-refractivity contribution in [3.63, 3.8) is 0 Å². The third kappa shape index (κ3) is 3.58. The lowest BCUT2D eigenvalue weighted by Gasteiger charge is -2.43. The minimum absolute atomic E-state index is 0.279. The highest BCUT2D eigenvalue weighted by Crippen LogP contribution is 2.47. The molecule has 0 unspecified atom stereocenters. The Morgan fingerprint density at radius 2 is 1.89 bits per heavy atom. The van der Waals surface area contributed by atoms with Crippen molar-refractivity contribution in [2.24, 2.45) is 17.8 Å². The van der Waals surface area contributed by atoms with E-state index in [1.54, 1.807) is 6.92 Å². The summed E-state index contributed by atoms with van der Waals surface area (Å²) >= 11 is 0. The third-order valence-electron chi connectivity index (χ3n) is 5.75. The average molecular weight is 390 g/mol. The zero-order chi connectivity index (χ0) is 19.9. The fourth-order valence-electron chi connectivity index (χ4n) is 4.10. The quantitative estimate of drug-likeness (QED) is 0.336. The van der Waals surface area contributed by atoms with Gasteiger partial charge in [0.2, 0.25) is 6.29 Å². The average Bonchev–Trinajstić information content (AvgIpc) is 2.96. The summed E-state index contributed by atoms with van der Waals surface area (Å²) in [5, 5.41) is 49.4. The van der Waals surface area contributed by atoms with Gasteiger partial charge in [0.25, 0.3) is 0 Å². The molecule has 1 saturated carbocycles. The van der Waals surface area contributed by atoms with Crippen LogP contribution in [0.2, 0.25) is 0 Å². The zero-order valence-electron chi connectivity index (χ0n) is 15.0. The number of methoxy groups -OCH3 is 1. The lowest BCUT2D eigenvalue weighted by atomic mass is 9.83. The summed E-state index contributed by atoms with van der Waals surface area (Å²) in [6.45, 7) is 1.21. The molecule has 0 aromatic carbocycles. The molecule has 0 radical (unpaired) electrons. The molecule has 5 N–H and O–H groups in total. The van der Waals surface area contributed by atoms with Gasteiger partial charge in [0.05, 0.1) is 31.7 Å². The van der Waals surface area contributed by atoms with Gasteiger partial charge in [0.15, 0.2) is 6.29 Å². The van der Waals surface area contributed by atoms with Crippen LogP contribution < -0.4 is 0 Å². The van der Waals surface area contributed by atoms with Crippen LogP contribution in [0.1, 0.15) is 13.3 Å². The second kappa shape index (κ2) is 8.00. The van der Waals surface area contributed by atoms with Crippen LogP contribution in [0.25, 0.3) is 0 Å². The van der Waals surface area contributed by atoms with Gasteiger partial charge in [-0.2, -0.15) is 0 Å². The van der Waals surface area contributed by atoms with Crippen LogP contribution in [0, 0.1) is 17.8 Å². The summed E-state index contributed by atoms with van der Waals surface area (Å²) in [4.78, 5) is 12.0. The van der Waals surface area contributed by atoms with E-state index >= 15 is 0 Å². The Balaban J connectivity index is 1.80. The van der Waals surface area contributed by atoms with E-state index < -0.39 is 61.6 Å². The van der Waals surface area contributed by atoms with E-state index in [9.17, 15) is 30.3 Å². The second-order valence-corrected chi connectivity index (χ2v) is 7.25. The Labute approximate surface area is 155 Å². The number of hydrogen-bond acceptors (Lipinski definition) is 10. The fourth-order valence-corrected chi connectivity index (χ4v) is 4.10. The normalized spacial score (nSPS) is 47.0. The van der Waals surface area contributed by atoms with Crippen LogP contribution in [-0.2, 0) is 23.7 Å². The van der Waals surface area contributed by atoms with Gasteiger partial charge in [-0.15, -0.1) is 0 Å². The van der Waals surface area contributed by atoms with E-state index in [0.717, 1.165) is 0 Å². The summed E-state index contributed by atoms with van der Waals surface area (Å²) < 4.78 is 21.4. The molecule has 1 aliphatic carbocycles. The van der Waals surface area contributed by atoms with E-state index in [-0.39, 0.29) is 11.8 Å². The predicted octanol–water partition coefficient (Wildman–Crippen LogP) is -2.15. The number of aliphatic hydroxyl groups is 5. The summed E-state index contributed by atoms with van der Waals surface area (Å²) in [5.74, 6) is -1.63. The third-order valence-corrected chi connectivity index (χ3v) is 5.75. The van der Waals surface area contributed by atoms with E-state index in [0.29, 0.717) is 12.0 Å². The first-order chi connectivity index (χ1) is 12.8. The van der Waals surface area contributed by atoms with Crippen molar-refractivity contribution in [1.29, 1.82) is 0 Å². The first-order valence-corrected chi connectivity index (χ1v) is 8.88. The molecule has 10 nitrogen and oxygen atoms in total. The summed E-state index contributed by atoms with van der Waals surface area (Å²) in [7, 11) is 1.25. The highest BCUT2D eigenvalue weighted by atomic mass is 16.8. The molecule has 0 spiro atoms. The molecule has 154 valence electrons. The molecule has 3 aliphatic rings. The Kier molecular flexibility index (Phi) is 6.06. The van der Waals surface area contributed by atoms with Gasteiger partial charge < -0.3 is 44.5 Å². The summed E-state index contributed by atoms with van der Waals surface area (Å²) in [6.07, 6.45) is -7.25. The first-order valence-electron chi connectivity index (χ1n) is 8.88. The maximum absolute atomic E-state index is 12.0. The van der Waals surface area contributed by atoms with E-state index in [1.165, 1.54) is 13.4 Å². The van der Waals surface area contributed by atoms with Gasteiger partial charge in [-0.3, -0.25) is 0 Å². The van der Waals surface area contributed by atoms with Gasteiger partial charge >= 0.3 is 5.97 Å². The molecular formula is C17H26O10. The molecule has 27 heavy (non-hydrogen) atoms. The standard InChI is InChI=1S/C17H26O10/c1-6-9(19)3-7-8(15(23)24-2)5-25-16(11(6)7)27-17-14(22)13(21)12(20)10(4-18)26-17/h5-7,9-14,16-22H,3-4H2,1-2H3/t6-,7+,9-,10-,11+,12-,13+,14-,16+,17+/m1/s1. The molecule has 0 aromatic heterocycles. The summed E-state index contributed by atoms with van der Waals surface area (Å²) in [6, 6.07) is 0. The van der Waals surface area contributed by atoms with Crippen LogP contribution in [0.4, 0.5) is 0 Å². The number of aliphatic hydroxyl groups excluding tert-OH is 5. The number of rotatable bonds is 4. The maximum Gasteiger partial charge on any atom is 0.337 e. The van der Waals surface area contributed by atoms with Crippen molar-refractivity contribution >= 4 is 5.97 Å². The Bertz CT molecular complexity index is 578. The van der Waals surface area contributed by atoms with Gasteiger partial charge in [0, 0.05) is 11.8 Å². The van der Waals surface area contributed by atoms with Crippen molar-refractivity contribution in [3.8, 4) is 0 Å². The SMILES string of the molecule is COC(=O)C1=CO[C@@H](O[C@@H]2O[C@H](CO)[C@@H](O)[C@H](O)[C@H]2O)[C@H]2[C@H](C)[C@H](O)C[C@@H]12. The van der Waals surface area contributed by atoms with E-state index in [2.05, 4.69) is 0 Å². The molecule has 10 atom stereocenters. The minimum Gasteiger partial charge on any atom is -0.472 e. The Hall–Kier alpha value is -1.27. The molecule has 2 heterocycles. The highest BCUT2D eigenvalue weighted by molar-refractivity contribution is 5.89. The lowest BCUT2D eigenvalue weighted by Crippen LogP contribution is -2.60. The number of hydrogen-bond donors (Lipinski definition) is 5. The van der Waals surface area contributed by atoms with E-state index in [1.807, 2.05) is 0 Å². The molecule has 3 rings (SSSR count). The van der Waals surface area contributed by atoms with E-state index in [4.69, 9.17) is 18.9 Å². The fraction of sp³-hybridized carbons (Fsp3) is 0.824. The Morgan fingerprint density at radius 3 is 2.52 bits per heavy atom. The van der Waals surface area contributed by atoms with Crippen molar-refractivity contribution in [3.05, 3.63) is 11.8 Å². The molecule has 1 saturated heterocycles. The molecule has 2 fully saturated rings. The largest absolute Gasteiger partial charge is 0.472 e. The molecule has 0 bridgehead atoms. The number of fused-ring (bicyclic) bond motifs is 1. The second-order valence-electron chi connectivity index (χ2n) is 7.25. The summed E-state index contributed by atoms with van der Waals surface area (Å²) in [5.41, 5.74) is 0.291. The van der Waals surface area contributed by atoms with Crippen LogP contribution in [0.3, 0.4) is 0 Å². The van der Waals surface area contributed by atoms with Crippen molar-refractivity contribution in [2.45, 2.75) is 56.4 Å². The topological polar surface area (TPSA) is 155 Å². The van der Waals surface area contributed by atoms with Gasteiger partial charge in [-0.25, -0.2) is 4.79 Å². The van der Waals surface area contributed by atoms with Gasteiger partial charge in [-0.05, 0) is 12.3 Å². The van der Waals surface area contributed by atoms with Gasteiger partial charge in [-0.1, -0.05) is 6.92 Å². The molecular weight excluding hydrogens is 364 g/mol. The number of carbonyl (C=O) groups excluding carboxylic acids is 1. The van der Waals surface area contributed by atoms with Crippen LogP contribution >= 0.6 is 0 Å². The number of ether oxygens (including phenoxy) is 4. The van der Waals surface area contributed by atoms with Gasteiger partial charge in [0.1, 0.15) is 24.4 Å². The van der Waals surface area contributed by atoms with Crippen molar-refractivity contribution in [1.82, 2.24) is 0 Å². The van der Waals surface area contributed by atoms with Crippen LogP contribution in [0.5, 0.6) is 0 Å². The zero-order valence-corrected chi connectivity index (χ0v) is 15.0. The Morgan fingerprint density at radius 1 is 1.19 bits per heavy atom. The predicted molar refractivity (Wildman–Crippen MR) is 86.6 cm³/mol. The highest BCUT2D eigenvalue weighted by Gasteiger charge is 2.53.